The van der Waals surface area contributed by atoms with Gasteiger partial charge in [0, 0.05) is 62.5 Å². The van der Waals surface area contributed by atoms with Gasteiger partial charge < -0.3 is 15.2 Å². The molecule has 3 heterocycles. The molecule has 2 aromatic rings. The van der Waals surface area contributed by atoms with Gasteiger partial charge in [0.25, 0.3) is 11.8 Å². The van der Waals surface area contributed by atoms with Gasteiger partial charge in [0.1, 0.15) is 0 Å². The molecule has 0 saturated carbocycles. The van der Waals surface area contributed by atoms with Crippen LogP contribution in [-0.2, 0) is 0 Å². The maximum absolute atomic E-state index is 12.4. The predicted molar refractivity (Wildman–Crippen MR) is 96.1 cm³/mol. The highest BCUT2D eigenvalue weighted by Gasteiger charge is 2.22. The van der Waals surface area contributed by atoms with Gasteiger partial charge >= 0.3 is 0 Å². The number of nitrogens with one attached hydrogen (secondary N) is 2. The highest BCUT2D eigenvalue weighted by Crippen LogP contribution is 2.08. The van der Waals surface area contributed by atoms with E-state index in [0.29, 0.717) is 30.8 Å². The van der Waals surface area contributed by atoms with Crippen molar-refractivity contribution in [3.05, 3.63) is 56.6 Å². The quantitative estimate of drug-likeness (QED) is 0.819. The molecular formula is C17H20N4O3S. The lowest BCUT2D eigenvalue weighted by Gasteiger charge is -2.34. The maximum atomic E-state index is 12.4. The summed E-state index contributed by atoms with van der Waals surface area (Å²) in [6.07, 6.45) is 1.46. The van der Waals surface area contributed by atoms with E-state index in [0.717, 1.165) is 19.6 Å². The number of carbonyl (C=O) groups excluding carboxylic acids is 2. The van der Waals surface area contributed by atoms with Gasteiger partial charge in [-0.2, -0.15) is 11.3 Å². The Hall–Kier alpha value is -2.45. The number of aromatic amines is 1. The van der Waals surface area contributed by atoms with E-state index < -0.39 is 0 Å². The summed E-state index contributed by atoms with van der Waals surface area (Å²) < 4.78 is 0. The average Bonchev–Trinajstić information content (AvgIpc) is 3.17. The average molecular weight is 360 g/mol. The molecule has 0 spiro atoms. The fourth-order valence-electron chi connectivity index (χ4n) is 2.72. The third-order valence-corrected chi connectivity index (χ3v) is 4.87. The first-order valence-corrected chi connectivity index (χ1v) is 9.08. The monoisotopic (exact) mass is 360 g/mol. The standard InChI is InChI=1S/C17H20N4O3S/c22-15-2-1-13(11-19-15)17(24)21-8-6-20(7-9-21)5-4-18-16(23)14-3-10-25-12-14/h1-3,10-12H,4-9H2,(H,18,23)(H,19,22). The van der Waals surface area contributed by atoms with Crippen LogP contribution in [0, 0.1) is 0 Å². The lowest BCUT2D eigenvalue weighted by molar-refractivity contribution is 0.0637. The molecular weight excluding hydrogens is 340 g/mol. The minimum atomic E-state index is -0.217. The maximum Gasteiger partial charge on any atom is 0.255 e. The number of hydrogen-bond acceptors (Lipinski definition) is 5. The van der Waals surface area contributed by atoms with Crippen LogP contribution in [0.15, 0.2) is 40.0 Å². The highest BCUT2D eigenvalue weighted by atomic mass is 32.1. The van der Waals surface area contributed by atoms with E-state index in [1.807, 2.05) is 10.8 Å². The van der Waals surface area contributed by atoms with Gasteiger partial charge in [-0.05, 0) is 17.5 Å². The zero-order chi connectivity index (χ0) is 17.6. The second-order valence-electron chi connectivity index (χ2n) is 5.84. The summed E-state index contributed by atoms with van der Waals surface area (Å²) in [5.41, 5.74) is 0.975. The fourth-order valence-corrected chi connectivity index (χ4v) is 3.36. The molecule has 0 aliphatic carbocycles. The lowest BCUT2D eigenvalue weighted by atomic mass is 10.2. The van der Waals surface area contributed by atoms with E-state index in [4.69, 9.17) is 0 Å². The molecule has 7 nitrogen and oxygen atoms in total. The molecule has 0 bridgehead atoms. The molecule has 0 unspecified atom stereocenters. The second-order valence-corrected chi connectivity index (χ2v) is 6.62. The second kappa shape index (κ2) is 8.09. The topological polar surface area (TPSA) is 85.5 Å². The summed E-state index contributed by atoms with van der Waals surface area (Å²) >= 11 is 1.50. The number of piperazine rings is 1. The van der Waals surface area contributed by atoms with Gasteiger partial charge in [-0.15, -0.1) is 0 Å². The van der Waals surface area contributed by atoms with Crippen LogP contribution >= 0.6 is 11.3 Å². The van der Waals surface area contributed by atoms with Crippen LogP contribution < -0.4 is 10.9 Å². The van der Waals surface area contributed by atoms with Crippen molar-refractivity contribution < 1.29 is 9.59 Å². The number of rotatable bonds is 5. The first kappa shape index (κ1) is 17.4. The summed E-state index contributed by atoms with van der Waals surface area (Å²) in [6, 6.07) is 4.72. The number of aromatic nitrogens is 1. The molecule has 2 amide bonds. The Balaban J connectivity index is 1.41. The molecule has 2 N–H and O–H groups in total. The first-order valence-electron chi connectivity index (χ1n) is 8.14. The molecule has 0 atom stereocenters. The number of pyridine rings is 1. The molecule has 132 valence electrons. The predicted octanol–water partition coefficient (Wildman–Crippen LogP) is 0.624. The number of H-pyrrole nitrogens is 1. The highest BCUT2D eigenvalue weighted by molar-refractivity contribution is 7.08. The minimum Gasteiger partial charge on any atom is -0.351 e. The van der Waals surface area contributed by atoms with Gasteiger partial charge in [-0.3, -0.25) is 19.3 Å². The Labute approximate surface area is 149 Å². The van der Waals surface area contributed by atoms with Crippen LogP contribution in [0.4, 0.5) is 0 Å². The van der Waals surface area contributed by atoms with Crippen molar-refractivity contribution in [2.45, 2.75) is 0 Å². The number of hydrogen-bond donors (Lipinski definition) is 2. The van der Waals surface area contributed by atoms with Crippen molar-refractivity contribution in [2.75, 3.05) is 39.3 Å². The molecule has 0 aromatic carbocycles. The van der Waals surface area contributed by atoms with Crippen molar-refractivity contribution in [3.8, 4) is 0 Å². The summed E-state index contributed by atoms with van der Waals surface area (Å²) in [7, 11) is 0. The van der Waals surface area contributed by atoms with Gasteiger partial charge in [0.2, 0.25) is 5.56 Å². The summed E-state index contributed by atoms with van der Waals surface area (Å²) in [4.78, 5) is 41.9. The van der Waals surface area contributed by atoms with Crippen LogP contribution in [0.25, 0.3) is 0 Å². The fraction of sp³-hybridized carbons (Fsp3) is 0.353. The number of amides is 2. The molecule has 2 aromatic heterocycles. The van der Waals surface area contributed by atoms with Gasteiger partial charge in [-0.1, -0.05) is 0 Å². The van der Waals surface area contributed by atoms with Crippen molar-refractivity contribution in [1.29, 1.82) is 0 Å². The van der Waals surface area contributed by atoms with Crippen molar-refractivity contribution in [1.82, 2.24) is 20.1 Å². The number of nitrogens with zero attached hydrogens (tertiary/aromatic N) is 2. The molecule has 1 fully saturated rings. The van der Waals surface area contributed by atoms with Crippen molar-refractivity contribution in [2.24, 2.45) is 0 Å². The Kier molecular flexibility index (Phi) is 5.62. The van der Waals surface area contributed by atoms with E-state index in [-0.39, 0.29) is 17.4 Å². The van der Waals surface area contributed by atoms with E-state index >= 15 is 0 Å². The summed E-state index contributed by atoms with van der Waals surface area (Å²) in [6.45, 7) is 4.15. The van der Waals surface area contributed by atoms with E-state index in [1.165, 1.54) is 23.6 Å². The van der Waals surface area contributed by atoms with Crippen LogP contribution in [0.5, 0.6) is 0 Å². The van der Waals surface area contributed by atoms with E-state index in [1.54, 1.807) is 17.0 Å². The third kappa shape index (κ3) is 4.55. The molecule has 3 rings (SSSR count). The van der Waals surface area contributed by atoms with Crippen LogP contribution in [0.2, 0.25) is 0 Å². The molecule has 1 aliphatic heterocycles. The number of thiophene rings is 1. The summed E-state index contributed by atoms with van der Waals surface area (Å²) in [5.74, 6) is -0.116. The minimum absolute atomic E-state index is 0.0480. The van der Waals surface area contributed by atoms with Crippen molar-refractivity contribution >= 4 is 23.2 Å². The van der Waals surface area contributed by atoms with Crippen molar-refractivity contribution in [3.63, 3.8) is 0 Å². The van der Waals surface area contributed by atoms with Crippen LogP contribution in [0.1, 0.15) is 20.7 Å². The van der Waals surface area contributed by atoms with Crippen LogP contribution in [-0.4, -0.2) is 65.9 Å². The number of carbonyl (C=O) groups is 2. The summed E-state index contributed by atoms with van der Waals surface area (Å²) in [5, 5.41) is 6.62. The molecule has 1 saturated heterocycles. The van der Waals surface area contributed by atoms with Gasteiger partial charge in [-0.25, -0.2) is 0 Å². The molecule has 25 heavy (non-hydrogen) atoms. The Morgan fingerprint density at radius 3 is 2.56 bits per heavy atom. The zero-order valence-electron chi connectivity index (χ0n) is 13.7. The van der Waals surface area contributed by atoms with Crippen LogP contribution in [0.3, 0.4) is 0 Å². The molecule has 0 radical (unpaired) electrons. The third-order valence-electron chi connectivity index (χ3n) is 4.19. The lowest BCUT2D eigenvalue weighted by Crippen LogP contribution is -2.50. The first-order chi connectivity index (χ1) is 12.1. The Morgan fingerprint density at radius 2 is 1.92 bits per heavy atom. The SMILES string of the molecule is O=C(NCCN1CCN(C(=O)c2ccc(=O)[nH]c2)CC1)c1ccsc1. The zero-order valence-corrected chi connectivity index (χ0v) is 14.6. The van der Waals surface area contributed by atoms with E-state index in [2.05, 4.69) is 15.2 Å². The molecule has 8 heteroatoms. The Bertz CT molecular complexity index is 759. The normalized spacial score (nSPS) is 15.1. The largest absolute Gasteiger partial charge is 0.351 e. The van der Waals surface area contributed by atoms with E-state index in [9.17, 15) is 14.4 Å². The molecule has 1 aliphatic rings. The van der Waals surface area contributed by atoms with Gasteiger partial charge in [0.15, 0.2) is 0 Å². The smallest absolute Gasteiger partial charge is 0.255 e. The Morgan fingerprint density at radius 1 is 1.12 bits per heavy atom. The van der Waals surface area contributed by atoms with Gasteiger partial charge in [0.05, 0.1) is 5.56 Å².